The van der Waals surface area contributed by atoms with E-state index in [9.17, 15) is 9.59 Å². The van der Waals surface area contributed by atoms with E-state index >= 15 is 0 Å². The van der Waals surface area contributed by atoms with Gasteiger partial charge in [-0.05, 0) is 12.1 Å². The van der Waals surface area contributed by atoms with Crippen molar-refractivity contribution in [1.82, 2.24) is 5.32 Å². The fourth-order valence-electron chi connectivity index (χ4n) is 2.10. The third kappa shape index (κ3) is 2.96. The zero-order valence-corrected chi connectivity index (χ0v) is 10.6. The van der Waals surface area contributed by atoms with Crippen LogP contribution in [0.25, 0.3) is 0 Å². The zero-order chi connectivity index (χ0) is 13.8. The fraction of sp³-hybridized carbons (Fsp3) is 0.385. The Morgan fingerprint density at radius 2 is 2.21 bits per heavy atom. The summed E-state index contributed by atoms with van der Waals surface area (Å²) >= 11 is 0. The SMILES string of the molecule is COc1ccccc1N1CC(=O)NCC(C(=O)O)C1. The number of amides is 1. The van der Waals surface area contributed by atoms with Crippen molar-refractivity contribution in [2.24, 2.45) is 5.92 Å². The van der Waals surface area contributed by atoms with Gasteiger partial charge in [0.1, 0.15) is 5.75 Å². The monoisotopic (exact) mass is 264 g/mol. The number of nitrogens with one attached hydrogen (secondary N) is 1. The highest BCUT2D eigenvalue weighted by Crippen LogP contribution is 2.28. The largest absolute Gasteiger partial charge is 0.495 e. The van der Waals surface area contributed by atoms with Crippen molar-refractivity contribution in [2.45, 2.75) is 0 Å². The maximum absolute atomic E-state index is 11.6. The number of carboxylic acid groups (broad SMARTS) is 1. The van der Waals surface area contributed by atoms with Crippen LogP contribution in [0.1, 0.15) is 0 Å². The minimum absolute atomic E-state index is 0.129. The van der Waals surface area contributed by atoms with Crippen LogP contribution in [0.4, 0.5) is 5.69 Å². The number of hydrogen-bond donors (Lipinski definition) is 2. The summed E-state index contributed by atoms with van der Waals surface area (Å²) < 4.78 is 5.25. The maximum Gasteiger partial charge on any atom is 0.310 e. The molecule has 0 spiro atoms. The minimum atomic E-state index is -0.915. The lowest BCUT2D eigenvalue weighted by Gasteiger charge is -2.25. The molecule has 1 aliphatic rings. The number of carbonyl (C=O) groups excluding carboxylic acids is 1. The molecule has 1 saturated heterocycles. The average Bonchev–Trinajstić information content (AvgIpc) is 2.60. The first-order valence-corrected chi connectivity index (χ1v) is 5.99. The van der Waals surface area contributed by atoms with E-state index in [0.717, 1.165) is 5.69 Å². The summed E-state index contributed by atoms with van der Waals surface area (Å²) in [5.74, 6) is -1.10. The van der Waals surface area contributed by atoms with Crippen molar-refractivity contribution in [1.29, 1.82) is 0 Å². The van der Waals surface area contributed by atoms with Gasteiger partial charge in [-0.15, -0.1) is 0 Å². The van der Waals surface area contributed by atoms with E-state index in [1.165, 1.54) is 0 Å². The third-order valence-electron chi connectivity index (χ3n) is 3.10. The van der Waals surface area contributed by atoms with Gasteiger partial charge in [0.05, 0.1) is 25.3 Å². The summed E-state index contributed by atoms with van der Waals surface area (Å²) in [7, 11) is 1.55. The molecule has 1 aliphatic heterocycles. The molecule has 0 radical (unpaired) electrons. The predicted octanol–water partition coefficient (Wildman–Crippen LogP) is 0.332. The van der Waals surface area contributed by atoms with Gasteiger partial charge in [-0.25, -0.2) is 0 Å². The van der Waals surface area contributed by atoms with E-state index in [1.807, 2.05) is 18.2 Å². The van der Waals surface area contributed by atoms with E-state index in [4.69, 9.17) is 9.84 Å². The summed E-state index contributed by atoms with van der Waals surface area (Å²) in [6.45, 7) is 0.554. The van der Waals surface area contributed by atoms with Gasteiger partial charge in [0.2, 0.25) is 5.91 Å². The van der Waals surface area contributed by atoms with Gasteiger partial charge in [-0.3, -0.25) is 9.59 Å². The molecule has 1 heterocycles. The molecule has 0 aromatic heterocycles. The summed E-state index contributed by atoms with van der Waals surface area (Å²) in [6.07, 6.45) is 0. The van der Waals surface area contributed by atoms with E-state index in [2.05, 4.69) is 5.32 Å². The number of para-hydroxylation sites is 2. The quantitative estimate of drug-likeness (QED) is 0.822. The second-order valence-corrected chi connectivity index (χ2v) is 4.39. The van der Waals surface area contributed by atoms with Crippen LogP contribution in [0, 0.1) is 5.92 Å². The number of rotatable bonds is 3. The van der Waals surface area contributed by atoms with E-state index < -0.39 is 11.9 Å². The van der Waals surface area contributed by atoms with Gasteiger partial charge < -0.3 is 20.1 Å². The predicted molar refractivity (Wildman–Crippen MR) is 69.3 cm³/mol. The van der Waals surface area contributed by atoms with Gasteiger partial charge >= 0.3 is 5.97 Å². The van der Waals surface area contributed by atoms with Crippen LogP contribution in [-0.2, 0) is 9.59 Å². The number of anilines is 1. The molecule has 0 aliphatic carbocycles. The van der Waals surface area contributed by atoms with Crippen molar-refractivity contribution >= 4 is 17.6 Å². The molecule has 6 nitrogen and oxygen atoms in total. The van der Waals surface area contributed by atoms with Crippen LogP contribution in [0.2, 0.25) is 0 Å². The molecule has 19 heavy (non-hydrogen) atoms. The second kappa shape index (κ2) is 5.60. The van der Waals surface area contributed by atoms with Gasteiger partial charge in [-0.1, -0.05) is 12.1 Å². The molecule has 0 saturated carbocycles. The minimum Gasteiger partial charge on any atom is -0.495 e. The lowest BCUT2D eigenvalue weighted by Crippen LogP contribution is -2.34. The number of carbonyl (C=O) groups is 2. The molecule has 2 rings (SSSR count). The highest BCUT2D eigenvalue weighted by atomic mass is 16.5. The zero-order valence-electron chi connectivity index (χ0n) is 10.6. The molecule has 0 bridgehead atoms. The van der Waals surface area contributed by atoms with Crippen LogP contribution >= 0.6 is 0 Å². The summed E-state index contributed by atoms with van der Waals surface area (Å²) in [5.41, 5.74) is 0.730. The Kier molecular flexibility index (Phi) is 3.89. The van der Waals surface area contributed by atoms with Crippen LogP contribution in [-0.4, -0.2) is 43.7 Å². The number of hydrogen-bond acceptors (Lipinski definition) is 4. The molecule has 1 aromatic rings. The molecule has 1 fully saturated rings. The maximum atomic E-state index is 11.6. The average molecular weight is 264 g/mol. The van der Waals surface area contributed by atoms with Crippen LogP contribution in [0.5, 0.6) is 5.75 Å². The Morgan fingerprint density at radius 1 is 1.47 bits per heavy atom. The summed E-state index contributed by atoms with van der Waals surface area (Å²) in [4.78, 5) is 24.5. The number of nitrogens with zero attached hydrogens (tertiary/aromatic N) is 1. The van der Waals surface area contributed by atoms with Crippen LogP contribution in [0.3, 0.4) is 0 Å². The normalized spacial score (nSPS) is 19.5. The smallest absolute Gasteiger partial charge is 0.310 e. The molecule has 1 amide bonds. The Hall–Kier alpha value is -2.24. The molecule has 1 aromatic carbocycles. The first-order chi connectivity index (χ1) is 9.11. The first kappa shape index (κ1) is 13.2. The molecule has 102 valence electrons. The van der Waals surface area contributed by atoms with Gasteiger partial charge in [0.25, 0.3) is 0 Å². The van der Waals surface area contributed by atoms with Crippen LogP contribution in [0.15, 0.2) is 24.3 Å². The molecule has 6 heteroatoms. The Bertz CT molecular complexity index is 489. The highest BCUT2D eigenvalue weighted by molar-refractivity contribution is 5.84. The van der Waals surface area contributed by atoms with Crippen molar-refractivity contribution in [3.05, 3.63) is 24.3 Å². The third-order valence-corrected chi connectivity index (χ3v) is 3.10. The Morgan fingerprint density at radius 3 is 2.89 bits per heavy atom. The lowest BCUT2D eigenvalue weighted by molar-refractivity contribution is -0.141. The first-order valence-electron chi connectivity index (χ1n) is 5.99. The molecule has 1 atom stereocenters. The van der Waals surface area contributed by atoms with E-state index in [-0.39, 0.29) is 25.5 Å². The van der Waals surface area contributed by atoms with E-state index in [1.54, 1.807) is 18.1 Å². The van der Waals surface area contributed by atoms with Gasteiger partial charge in [0.15, 0.2) is 0 Å². The number of methoxy groups -OCH3 is 1. The number of carboxylic acids is 1. The highest BCUT2D eigenvalue weighted by Gasteiger charge is 2.28. The van der Waals surface area contributed by atoms with Gasteiger partial charge in [-0.2, -0.15) is 0 Å². The fourth-order valence-corrected chi connectivity index (χ4v) is 2.10. The molecular formula is C13H16N2O4. The Labute approximate surface area is 111 Å². The standard InChI is InChI=1S/C13H16N2O4/c1-19-11-5-3-2-4-10(11)15-7-9(13(17)18)6-14-12(16)8-15/h2-5,9H,6-8H2,1H3,(H,14,16)(H,17,18). The number of benzene rings is 1. The summed E-state index contributed by atoms with van der Waals surface area (Å²) in [6, 6.07) is 7.26. The molecular weight excluding hydrogens is 248 g/mol. The Balaban J connectivity index is 2.29. The van der Waals surface area contributed by atoms with Crippen LogP contribution < -0.4 is 15.0 Å². The van der Waals surface area contributed by atoms with E-state index in [0.29, 0.717) is 5.75 Å². The number of aliphatic carboxylic acids is 1. The van der Waals surface area contributed by atoms with Crippen molar-refractivity contribution in [3.63, 3.8) is 0 Å². The molecule has 2 N–H and O–H groups in total. The van der Waals surface area contributed by atoms with Gasteiger partial charge in [0, 0.05) is 13.1 Å². The van der Waals surface area contributed by atoms with Crippen molar-refractivity contribution < 1.29 is 19.4 Å². The molecule has 1 unspecified atom stereocenters. The van der Waals surface area contributed by atoms with Crippen molar-refractivity contribution in [3.8, 4) is 5.75 Å². The number of ether oxygens (including phenoxy) is 1. The second-order valence-electron chi connectivity index (χ2n) is 4.39. The lowest BCUT2D eigenvalue weighted by atomic mass is 10.1. The van der Waals surface area contributed by atoms with Crippen molar-refractivity contribution in [2.75, 3.05) is 31.6 Å². The topological polar surface area (TPSA) is 78.9 Å². The summed E-state index contributed by atoms with van der Waals surface area (Å²) in [5, 5.41) is 11.7.